The molecule has 29 heavy (non-hydrogen) atoms. The molecule has 0 aliphatic carbocycles. The molecule has 0 spiro atoms. The summed E-state index contributed by atoms with van der Waals surface area (Å²) < 4.78 is 6.57. The van der Waals surface area contributed by atoms with Crippen LogP contribution >= 0.6 is 11.3 Å². The van der Waals surface area contributed by atoms with Gasteiger partial charge in [-0.3, -0.25) is 9.59 Å². The van der Waals surface area contributed by atoms with Crippen LogP contribution in [0, 0.1) is 0 Å². The Morgan fingerprint density at radius 2 is 2.03 bits per heavy atom. The van der Waals surface area contributed by atoms with E-state index in [0.29, 0.717) is 22.5 Å². The van der Waals surface area contributed by atoms with E-state index in [-0.39, 0.29) is 30.2 Å². The Morgan fingerprint density at radius 1 is 1.17 bits per heavy atom. The lowest BCUT2D eigenvalue weighted by molar-refractivity contribution is 0.0947. The lowest BCUT2D eigenvalue weighted by Gasteiger charge is -2.07. The first-order valence-corrected chi connectivity index (χ1v) is 9.47. The van der Waals surface area contributed by atoms with Gasteiger partial charge in [0.1, 0.15) is 11.4 Å². The molecule has 4 aromatic rings. The number of amides is 1. The second-order valence-corrected chi connectivity index (χ2v) is 6.61. The number of nitrogens with zero attached hydrogens (tertiary/aromatic N) is 5. The molecule has 4 heterocycles. The van der Waals surface area contributed by atoms with E-state index in [1.807, 2.05) is 0 Å². The summed E-state index contributed by atoms with van der Waals surface area (Å²) in [6.45, 7) is 0.432. The van der Waals surface area contributed by atoms with Crippen LogP contribution in [0.1, 0.15) is 10.5 Å². The maximum absolute atomic E-state index is 12.3. The van der Waals surface area contributed by atoms with Gasteiger partial charge in [0.2, 0.25) is 5.95 Å². The summed E-state index contributed by atoms with van der Waals surface area (Å²) >= 11 is 1.26. The van der Waals surface area contributed by atoms with Crippen molar-refractivity contribution < 1.29 is 9.21 Å². The molecular weight excluding hydrogens is 394 g/mol. The van der Waals surface area contributed by atoms with E-state index in [1.54, 1.807) is 42.0 Å². The molecule has 4 rings (SSSR count). The van der Waals surface area contributed by atoms with Crippen LogP contribution in [0.15, 0.2) is 63.6 Å². The van der Waals surface area contributed by atoms with Crippen LogP contribution in [0.2, 0.25) is 0 Å². The second kappa shape index (κ2) is 8.44. The molecule has 0 unspecified atom stereocenters. The summed E-state index contributed by atoms with van der Waals surface area (Å²) in [5.74, 6) is 0.613. The molecule has 0 bridgehead atoms. The Kier molecular flexibility index (Phi) is 5.38. The maximum atomic E-state index is 12.3. The van der Waals surface area contributed by atoms with E-state index in [4.69, 9.17) is 4.42 Å². The number of rotatable bonds is 7. The van der Waals surface area contributed by atoms with Gasteiger partial charge in [-0.25, -0.2) is 19.6 Å². The molecule has 0 fully saturated rings. The lowest BCUT2D eigenvalue weighted by Crippen LogP contribution is -2.32. The van der Waals surface area contributed by atoms with Crippen LogP contribution in [0.4, 0.5) is 11.1 Å². The quantitative estimate of drug-likeness (QED) is 0.474. The Labute approximate surface area is 168 Å². The van der Waals surface area contributed by atoms with Gasteiger partial charge < -0.3 is 15.1 Å². The molecule has 2 N–H and O–H groups in total. The SMILES string of the molecule is O=C(NCCn1nc(-c2ccco2)ccc1=O)c1csc(Nc2ncccn2)n1. The van der Waals surface area contributed by atoms with Crippen molar-refractivity contribution in [1.82, 2.24) is 30.0 Å². The van der Waals surface area contributed by atoms with Crippen molar-refractivity contribution in [2.75, 3.05) is 11.9 Å². The summed E-state index contributed by atoms with van der Waals surface area (Å²) in [7, 11) is 0. The van der Waals surface area contributed by atoms with Crippen LogP contribution < -0.4 is 16.2 Å². The summed E-state index contributed by atoms with van der Waals surface area (Å²) in [6.07, 6.45) is 4.74. The zero-order chi connectivity index (χ0) is 20.1. The van der Waals surface area contributed by atoms with E-state index < -0.39 is 0 Å². The van der Waals surface area contributed by atoms with Crippen molar-refractivity contribution in [2.45, 2.75) is 6.54 Å². The molecule has 0 atom stereocenters. The van der Waals surface area contributed by atoms with E-state index in [1.165, 1.54) is 28.3 Å². The highest BCUT2D eigenvalue weighted by atomic mass is 32.1. The number of nitrogens with one attached hydrogen (secondary N) is 2. The monoisotopic (exact) mass is 409 g/mol. The summed E-state index contributed by atoms with van der Waals surface area (Å²) in [4.78, 5) is 36.6. The zero-order valence-corrected chi connectivity index (χ0v) is 15.8. The zero-order valence-electron chi connectivity index (χ0n) is 15.0. The largest absolute Gasteiger partial charge is 0.463 e. The van der Waals surface area contributed by atoms with Crippen LogP contribution in [-0.2, 0) is 6.54 Å². The molecule has 0 saturated carbocycles. The summed E-state index contributed by atoms with van der Waals surface area (Å²) in [5, 5.41) is 12.0. The van der Waals surface area contributed by atoms with Crippen LogP contribution in [0.25, 0.3) is 11.5 Å². The molecule has 0 saturated heterocycles. The molecule has 1 amide bonds. The minimum absolute atomic E-state index is 0.215. The first kappa shape index (κ1) is 18.5. The van der Waals surface area contributed by atoms with Crippen molar-refractivity contribution in [2.24, 2.45) is 0 Å². The fourth-order valence-corrected chi connectivity index (χ4v) is 3.11. The predicted octanol–water partition coefficient (Wildman–Crippen LogP) is 1.92. The summed E-state index contributed by atoms with van der Waals surface area (Å²) in [5.41, 5.74) is 0.537. The van der Waals surface area contributed by atoms with Crippen molar-refractivity contribution in [1.29, 1.82) is 0 Å². The molecule has 0 radical (unpaired) electrons. The van der Waals surface area contributed by atoms with Crippen molar-refractivity contribution >= 4 is 28.3 Å². The Morgan fingerprint density at radius 3 is 2.83 bits per heavy atom. The first-order chi connectivity index (χ1) is 14.2. The molecule has 0 aliphatic heterocycles. The number of anilines is 2. The van der Waals surface area contributed by atoms with Crippen LogP contribution in [0.3, 0.4) is 0 Å². The Balaban J connectivity index is 1.35. The number of hydrogen-bond acceptors (Lipinski definition) is 9. The van der Waals surface area contributed by atoms with Crippen molar-refractivity contribution in [3.8, 4) is 11.5 Å². The molecule has 0 aliphatic rings. The molecule has 4 aromatic heterocycles. The normalized spacial score (nSPS) is 10.6. The molecule has 146 valence electrons. The van der Waals surface area contributed by atoms with Gasteiger partial charge in [-0.15, -0.1) is 11.3 Å². The van der Waals surface area contributed by atoms with Gasteiger partial charge in [0, 0.05) is 30.4 Å². The first-order valence-electron chi connectivity index (χ1n) is 8.59. The van der Waals surface area contributed by atoms with Gasteiger partial charge in [0.05, 0.1) is 12.8 Å². The molecule has 11 heteroatoms. The average Bonchev–Trinajstić information content (AvgIpc) is 3.42. The number of thiazole rings is 1. The third-order valence-corrected chi connectivity index (χ3v) is 4.53. The third-order valence-electron chi connectivity index (χ3n) is 3.77. The van der Waals surface area contributed by atoms with E-state index in [0.717, 1.165) is 0 Å². The molecule has 10 nitrogen and oxygen atoms in total. The smallest absolute Gasteiger partial charge is 0.270 e. The highest BCUT2D eigenvalue weighted by Gasteiger charge is 2.12. The highest BCUT2D eigenvalue weighted by Crippen LogP contribution is 2.18. The van der Waals surface area contributed by atoms with Gasteiger partial charge in [-0.1, -0.05) is 0 Å². The number of furan rings is 1. The maximum Gasteiger partial charge on any atom is 0.270 e. The fourth-order valence-electron chi connectivity index (χ4n) is 2.43. The summed E-state index contributed by atoms with van der Waals surface area (Å²) in [6, 6.07) is 8.21. The Bertz CT molecular complexity index is 1160. The predicted molar refractivity (Wildman–Crippen MR) is 106 cm³/mol. The van der Waals surface area contributed by atoms with Gasteiger partial charge in [0.25, 0.3) is 11.5 Å². The number of carbonyl (C=O) groups excluding carboxylic acids is 1. The third kappa shape index (κ3) is 4.52. The Hall–Kier alpha value is -3.86. The molecular formula is C18H15N7O3S. The molecule has 0 aromatic carbocycles. The van der Waals surface area contributed by atoms with Crippen molar-refractivity contribution in [3.05, 3.63) is 70.4 Å². The highest BCUT2D eigenvalue weighted by molar-refractivity contribution is 7.14. The van der Waals surface area contributed by atoms with E-state index in [9.17, 15) is 9.59 Å². The van der Waals surface area contributed by atoms with Gasteiger partial charge in [-0.2, -0.15) is 5.10 Å². The van der Waals surface area contributed by atoms with Crippen molar-refractivity contribution in [3.63, 3.8) is 0 Å². The second-order valence-electron chi connectivity index (χ2n) is 5.75. The van der Waals surface area contributed by atoms with Gasteiger partial charge in [0.15, 0.2) is 10.9 Å². The van der Waals surface area contributed by atoms with Crippen LogP contribution in [0.5, 0.6) is 0 Å². The lowest BCUT2D eigenvalue weighted by atomic mass is 10.3. The standard InChI is InChI=1S/C18H15N7O3S/c26-15-5-4-12(14-3-1-10-28-14)24-25(15)9-8-19-16(27)13-11-29-18(22-13)23-17-20-6-2-7-21-17/h1-7,10-11H,8-9H2,(H,19,27)(H,20,21,22,23). The van der Waals surface area contributed by atoms with E-state index in [2.05, 4.69) is 30.7 Å². The van der Waals surface area contributed by atoms with E-state index >= 15 is 0 Å². The van der Waals surface area contributed by atoms with Gasteiger partial charge >= 0.3 is 0 Å². The number of carbonyl (C=O) groups is 1. The number of aromatic nitrogens is 5. The minimum atomic E-state index is -0.349. The van der Waals surface area contributed by atoms with Crippen LogP contribution in [-0.4, -0.2) is 37.2 Å². The minimum Gasteiger partial charge on any atom is -0.463 e. The topological polar surface area (TPSA) is 128 Å². The number of hydrogen-bond donors (Lipinski definition) is 2. The fraction of sp³-hybridized carbons (Fsp3) is 0.111. The van der Waals surface area contributed by atoms with Gasteiger partial charge in [-0.05, 0) is 24.3 Å². The average molecular weight is 409 g/mol.